The average molecular weight is 1540 g/mol. The van der Waals surface area contributed by atoms with Crippen LogP contribution in [0.15, 0.2) is 48.5 Å². The lowest BCUT2D eigenvalue weighted by atomic mass is 9.94. The van der Waals surface area contributed by atoms with E-state index in [9.17, 15) is 29.1 Å². The highest BCUT2D eigenvalue weighted by molar-refractivity contribution is 6.00. The van der Waals surface area contributed by atoms with Crippen LogP contribution >= 0.6 is 0 Å². The lowest BCUT2D eigenvalue weighted by Gasteiger charge is -2.39. The maximum atomic E-state index is 15.8. The minimum atomic E-state index is -1.72. The van der Waals surface area contributed by atoms with Crippen molar-refractivity contribution in [2.75, 3.05) is 83.1 Å². The number of aliphatic hydroxyl groups excluding tert-OH is 1. The van der Waals surface area contributed by atoms with Crippen LogP contribution in [0.25, 0.3) is 0 Å². The van der Waals surface area contributed by atoms with Crippen LogP contribution in [0.5, 0.6) is 5.75 Å². The summed E-state index contributed by atoms with van der Waals surface area (Å²) in [6.45, 7) is 24.3. The number of carbonyl (C=O) groups excluding carboxylic acids is 13. The fourth-order valence-corrected chi connectivity index (χ4v) is 14.3. The molecule has 0 radical (unpaired) electrons. The number of likely N-dealkylation sites (tertiary alicyclic amines) is 1. The molecule has 2 aromatic carbocycles. The Morgan fingerprint density at radius 2 is 0.945 bits per heavy atom. The van der Waals surface area contributed by atoms with E-state index in [1.807, 2.05) is 76.2 Å². The second-order valence-corrected chi connectivity index (χ2v) is 32.6. The number of methoxy groups -OCH3 is 1. The van der Waals surface area contributed by atoms with E-state index in [0.29, 0.717) is 43.5 Å². The minimum Gasteiger partial charge on any atom is -0.496 e. The number of hydrogen-bond acceptors (Lipinski definition) is 15. The normalized spacial score (nSPS) is 24.3. The van der Waals surface area contributed by atoms with Crippen molar-refractivity contribution in [2.45, 2.75) is 253 Å². The van der Waals surface area contributed by atoms with Crippen LogP contribution in [0.1, 0.15) is 195 Å². The molecule has 2 heterocycles. The quantitative estimate of drug-likeness (QED) is 0.0906. The third kappa shape index (κ3) is 26.8. The molecule has 0 bridgehead atoms. The molecule has 28 heteroatoms. The molecule has 0 aliphatic carbocycles. The zero-order valence-electron chi connectivity index (χ0n) is 69.9. The Bertz CT molecular complexity index is 3430. The molecule has 12 atom stereocenters. The van der Waals surface area contributed by atoms with Gasteiger partial charge >= 0.3 is 0 Å². The first-order valence-corrected chi connectivity index (χ1v) is 39.6. The Balaban J connectivity index is 2.02. The number of nitrogens with one attached hydrogen (secondary N) is 5. The predicted molar refractivity (Wildman–Crippen MR) is 422 cm³/mol. The van der Waals surface area contributed by atoms with Gasteiger partial charge in [-0.2, -0.15) is 0 Å². The number of amides is 13. The van der Waals surface area contributed by atoms with Gasteiger partial charge in [-0.25, -0.2) is 0 Å². The predicted octanol–water partition coefficient (Wildman–Crippen LogP) is 5.44. The van der Waals surface area contributed by atoms with Gasteiger partial charge in [0.15, 0.2) is 0 Å². The summed E-state index contributed by atoms with van der Waals surface area (Å²) in [5, 5.41) is 25.8. The Kier molecular flexibility index (Phi) is 37.8. The van der Waals surface area contributed by atoms with E-state index < -0.39 is 156 Å². The highest BCUT2D eigenvalue weighted by Crippen LogP contribution is 2.27. The van der Waals surface area contributed by atoms with E-state index in [-0.39, 0.29) is 112 Å². The summed E-state index contributed by atoms with van der Waals surface area (Å²) in [4.78, 5) is 205. The number of likely N-dealkylation sites (N-methyl/N-ethyl adjacent to an activating group) is 6. The number of benzene rings is 2. The van der Waals surface area contributed by atoms with Gasteiger partial charge in [0.25, 0.3) is 5.91 Å². The third-order valence-corrected chi connectivity index (χ3v) is 21.3. The van der Waals surface area contributed by atoms with E-state index in [1.54, 1.807) is 60.4 Å². The van der Waals surface area contributed by atoms with Gasteiger partial charge in [0.2, 0.25) is 70.9 Å². The van der Waals surface area contributed by atoms with Crippen LogP contribution in [-0.4, -0.2) is 271 Å². The number of aliphatic hydroxyl groups is 1. The maximum Gasteiger partial charge on any atom is 0.254 e. The number of nitrogens with zero attached hydrogens (tertiary/aromatic N) is 8. The summed E-state index contributed by atoms with van der Waals surface area (Å²) in [6, 6.07) is 0.484. The van der Waals surface area contributed by atoms with E-state index in [2.05, 4.69) is 26.6 Å². The molecule has 6 N–H and O–H groups in total. The zero-order valence-corrected chi connectivity index (χ0v) is 69.9. The monoisotopic (exact) mass is 1540 g/mol. The lowest BCUT2D eigenvalue weighted by molar-refractivity contribution is -0.152. The van der Waals surface area contributed by atoms with Gasteiger partial charge in [0, 0.05) is 88.9 Å². The zero-order chi connectivity index (χ0) is 82.9. The number of carbonyl (C=O) groups is 13. The van der Waals surface area contributed by atoms with Crippen LogP contribution in [0, 0.1) is 35.5 Å². The SMILES string of the molecule is CCC(C)[C@@H]1NC(=O)[C@H](CC(C)C)N(C)C(=O)CCCN(C)C(=O)C[C@@H](C(=O)N2CCCCC2)NC(=O)[C@H](CC(C)C)N(C)C(=O)[C@H](CC(C)C)N(C)C(=O)[C@H]([C@@H](C)O)NC(=O)[C@H](CC(C)C)N(C)C(=O)[C@H](CCc2ccc(C(=O)NC)c(OC)c2)NC(=O)[C@H](CC(C)C)N(C)C(=O)[C@H](Cc2ccccc2)N(C)C1=O. The number of piperidine rings is 1. The first kappa shape index (κ1) is 93.7. The number of hydrogen-bond donors (Lipinski definition) is 6. The van der Waals surface area contributed by atoms with E-state index >= 15 is 38.4 Å². The van der Waals surface area contributed by atoms with Gasteiger partial charge in [-0.3, -0.25) is 62.3 Å². The second kappa shape index (κ2) is 44.4. The number of rotatable bonds is 21. The van der Waals surface area contributed by atoms with Crippen molar-refractivity contribution in [3.8, 4) is 5.75 Å². The fourth-order valence-electron chi connectivity index (χ4n) is 14.3. The number of aryl methyl sites for hydroxylation is 1. The van der Waals surface area contributed by atoms with E-state index in [1.165, 1.54) is 99.8 Å². The molecule has 2 aliphatic rings. The summed E-state index contributed by atoms with van der Waals surface area (Å²) in [5.74, 6) is -9.80. The van der Waals surface area contributed by atoms with Gasteiger partial charge in [-0.15, -0.1) is 0 Å². The van der Waals surface area contributed by atoms with Crippen molar-refractivity contribution < 1.29 is 72.2 Å². The van der Waals surface area contributed by atoms with Crippen molar-refractivity contribution in [3.63, 3.8) is 0 Å². The van der Waals surface area contributed by atoms with Gasteiger partial charge < -0.3 is 75.6 Å². The summed E-state index contributed by atoms with van der Waals surface area (Å²) in [5.41, 5.74) is 1.50. The van der Waals surface area contributed by atoms with Crippen molar-refractivity contribution in [1.82, 2.24) is 65.8 Å². The molecule has 13 amide bonds. The van der Waals surface area contributed by atoms with Gasteiger partial charge in [0.1, 0.15) is 66.2 Å². The molecule has 2 fully saturated rings. The Hall–Kier alpha value is -8.69. The Labute approximate surface area is 654 Å². The smallest absolute Gasteiger partial charge is 0.254 e. The summed E-state index contributed by atoms with van der Waals surface area (Å²) >= 11 is 0. The van der Waals surface area contributed by atoms with E-state index in [0.717, 1.165) is 11.3 Å². The summed E-state index contributed by atoms with van der Waals surface area (Å²) in [6.07, 6.45) is 0.939. The molecule has 0 spiro atoms. The van der Waals surface area contributed by atoms with Gasteiger partial charge in [0.05, 0.1) is 25.2 Å². The first-order chi connectivity index (χ1) is 51.6. The topological polar surface area (TPSA) is 337 Å². The van der Waals surface area contributed by atoms with Gasteiger partial charge in [-0.05, 0) is 136 Å². The van der Waals surface area contributed by atoms with Crippen LogP contribution in [0.4, 0.5) is 0 Å². The van der Waals surface area contributed by atoms with Crippen molar-refractivity contribution in [2.24, 2.45) is 35.5 Å². The van der Waals surface area contributed by atoms with Gasteiger partial charge in [-0.1, -0.05) is 126 Å². The molecule has 28 nitrogen and oxygen atoms in total. The van der Waals surface area contributed by atoms with E-state index in [4.69, 9.17) is 4.74 Å². The molecular formula is C82H133N13O15. The van der Waals surface area contributed by atoms with Crippen molar-refractivity contribution >= 4 is 76.8 Å². The van der Waals surface area contributed by atoms with Crippen LogP contribution in [0.3, 0.4) is 0 Å². The maximum absolute atomic E-state index is 15.8. The Morgan fingerprint density at radius 3 is 1.44 bits per heavy atom. The van der Waals surface area contributed by atoms with Crippen molar-refractivity contribution in [3.05, 3.63) is 65.2 Å². The molecule has 2 aliphatic heterocycles. The van der Waals surface area contributed by atoms with Crippen molar-refractivity contribution in [1.29, 1.82) is 0 Å². The third-order valence-electron chi connectivity index (χ3n) is 21.3. The molecule has 0 aromatic heterocycles. The highest BCUT2D eigenvalue weighted by Gasteiger charge is 2.45. The molecular weight excluding hydrogens is 1410 g/mol. The molecule has 2 saturated heterocycles. The lowest BCUT2D eigenvalue weighted by Crippen LogP contribution is -2.63. The minimum absolute atomic E-state index is 0.00354. The molecule has 110 heavy (non-hydrogen) atoms. The summed E-state index contributed by atoms with van der Waals surface area (Å²) in [7, 11) is 13.0. The highest BCUT2D eigenvalue weighted by atomic mass is 16.5. The molecule has 1 unspecified atom stereocenters. The first-order valence-electron chi connectivity index (χ1n) is 39.6. The number of ether oxygens (including phenoxy) is 1. The molecule has 616 valence electrons. The average Bonchev–Trinajstić information content (AvgIpc) is 0.811. The summed E-state index contributed by atoms with van der Waals surface area (Å²) < 4.78 is 5.63. The van der Waals surface area contributed by atoms with Crippen LogP contribution in [0.2, 0.25) is 0 Å². The fraction of sp³-hybridized carbons (Fsp3) is 0.695. The second-order valence-electron chi connectivity index (χ2n) is 32.6. The van der Waals surface area contributed by atoms with Crippen LogP contribution < -0.4 is 31.3 Å². The molecule has 2 aromatic rings. The molecule has 4 rings (SSSR count). The Morgan fingerprint density at radius 1 is 0.500 bits per heavy atom. The standard InChI is InChI=1S/C82H133N13O15/c1-23-54(12)70-81(108)94(21)66(46-56-31-26-24-27-32-56)80(107)92(19)62(42-50(4)5)73(100)84-59(37-35-57-34-36-58(72(99)83-14)67(47-57)110-22)77(104)90(17)64(44-52(8)9)76(103)87-71(55(13)96)82(109)93(20)65(45-53(10)11)79(106)91(18)63(43-51(6)7)74(101)85-60(78(105)95-39-28-25-29-40-95)48-69(98)88(15)38-30-33-68(97)89(16)61(41-49(2)3)75(102)86-70/h24,26-27,31-32,34,36,47,49-55,59-66,70-71,96H,23,25,28-30,33,35,37-46,48H2,1-22H3,(H,83,99)(H,84,100)(H,85,101)(H,86,102)(H,87,103)/t54?,55-,59+,60+,61+,62+,63+,64+,65+,66+,70+,71+/m1/s1. The molecule has 0 saturated carbocycles. The largest absolute Gasteiger partial charge is 0.496 e. The van der Waals surface area contributed by atoms with Crippen LogP contribution in [-0.2, 0) is 70.4 Å².